The minimum absolute atomic E-state index is 0.101. The van der Waals surface area contributed by atoms with Gasteiger partial charge in [0.15, 0.2) is 11.4 Å². The third kappa shape index (κ3) is 1.58. The molecular weight excluding hydrogens is 232 g/mol. The summed E-state index contributed by atoms with van der Waals surface area (Å²) in [7, 11) is 1.51. The number of hydrogen-bond acceptors (Lipinski definition) is 3. The van der Waals surface area contributed by atoms with Gasteiger partial charge in [-0.15, -0.1) is 0 Å². The van der Waals surface area contributed by atoms with E-state index in [-0.39, 0.29) is 11.8 Å². The minimum Gasteiger partial charge on any atom is -0.618 e. The summed E-state index contributed by atoms with van der Waals surface area (Å²) in [5.41, 5.74) is 1.51. The van der Waals surface area contributed by atoms with Gasteiger partial charge in [0, 0.05) is 12.6 Å². The van der Waals surface area contributed by atoms with Gasteiger partial charge in [-0.2, -0.15) is 4.74 Å². The zero-order chi connectivity index (χ0) is 12.7. The first kappa shape index (κ1) is 11.2. The van der Waals surface area contributed by atoms with Crippen molar-refractivity contribution >= 4 is 6.21 Å². The van der Waals surface area contributed by atoms with E-state index in [1.165, 1.54) is 13.3 Å². The maximum atomic E-state index is 12.1. The normalized spacial score (nSPS) is 22.4. The first-order valence-corrected chi connectivity index (χ1v) is 6.18. The number of hydrogen-bond donors (Lipinski definition) is 1. The van der Waals surface area contributed by atoms with Crippen LogP contribution in [0.3, 0.4) is 0 Å². The fourth-order valence-corrected chi connectivity index (χ4v) is 2.78. The summed E-state index contributed by atoms with van der Waals surface area (Å²) >= 11 is 0. The molecule has 0 amide bonds. The average molecular weight is 248 g/mol. The van der Waals surface area contributed by atoms with E-state index >= 15 is 0 Å². The van der Waals surface area contributed by atoms with Crippen LogP contribution in [0.5, 0.6) is 11.6 Å². The van der Waals surface area contributed by atoms with Gasteiger partial charge in [0.05, 0.1) is 13.0 Å². The molecule has 1 aliphatic carbocycles. The van der Waals surface area contributed by atoms with E-state index in [0.29, 0.717) is 18.0 Å². The lowest BCUT2D eigenvalue weighted by Gasteiger charge is -2.20. The highest BCUT2D eigenvalue weighted by Gasteiger charge is 2.30. The zero-order valence-corrected chi connectivity index (χ0v) is 10.3. The van der Waals surface area contributed by atoms with Crippen molar-refractivity contribution in [1.29, 1.82) is 0 Å². The number of allylic oxidation sites excluding steroid dienone is 2. The van der Waals surface area contributed by atoms with Gasteiger partial charge in [0.25, 0.3) is 0 Å². The van der Waals surface area contributed by atoms with Crippen LogP contribution in [0.25, 0.3) is 0 Å². The Morgan fingerprint density at radius 1 is 1.56 bits per heavy atom. The van der Waals surface area contributed by atoms with Crippen molar-refractivity contribution in [2.45, 2.75) is 25.8 Å². The predicted octanol–water partition coefficient (Wildman–Crippen LogP) is 1.83. The molecule has 0 aromatic carbocycles. The molecular formula is C13H16N2O3. The van der Waals surface area contributed by atoms with Crippen LogP contribution < -0.4 is 4.74 Å². The topological polar surface area (TPSA) is 60.5 Å². The minimum atomic E-state index is 0.101. The maximum Gasteiger partial charge on any atom is 0.235 e. The highest BCUT2D eigenvalue weighted by molar-refractivity contribution is 5.76. The smallest absolute Gasteiger partial charge is 0.235 e. The summed E-state index contributed by atoms with van der Waals surface area (Å²) in [6.45, 7) is 0.631. The second kappa shape index (κ2) is 4.08. The number of fused-ring (bicyclic) bond motifs is 2. The summed E-state index contributed by atoms with van der Waals surface area (Å²) in [6, 6.07) is 1.69. The number of aromatic hydroxyl groups is 1. The predicted molar refractivity (Wildman–Crippen MR) is 66.9 cm³/mol. The third-order valence-electron chi connectivity index (χ3n) is 3.72. The molecule has 0 saturated carbocycles. The second-order valence-electron chi connectivity index (χ2n) is 4.78. The van der Waals surface area contributed by atoms with Crippen molar-refractivity contribution in [3.05, 3.63) is 28.7 Å². The SMILES string of the molecule is COc1cc2n(c1O)CC1CCCC=C1[N+]([O-])=C2. The van der Waals surface area contributed by atoms with Crippen molar-refractivity contribution in [2.24, 2.45) is 5.92 Å². The summed E-state index contributed by atoms with van der Waals surface area (Å²) in [5, 5.41) is 22.1. The molecule has 5 nitrogen and oxygen atoms in total. The Hall–Kier alpha value is -1.91. The molecule has 1 atom stereocenters. The molecule has 0 saturated heterocycles. The van der Waals surface area contributed by atoms with Gasteiger partial charge in [-0.1, -0.05) is 0 Å². The molecule has 2 heterocycles. The van der Waals surface area contributed by atoms with Crippen molar-refractivity contribution in [2.75, 3.05) is 7.11 Å². The van der Waals surface area contributed by atoms with E-state index in [9.17, 15) is 10.3 Å². The fraction of sp³-hybridized carbons (Fsp3) is 0.462. The van der Waals surface area contributed by atoms with Crippen molar-refractivity contribution in [1.82, 2.24) is 4.57 Å². The molecule has 0 spiro atoms. The summed E-state index contributed by atoms with van der Waals surface area (Å²) in [6.07, 6.45) is 6.56. The first-order chi connectivity index (χ1) is 8.70. The van der Waals surface area contributed by atoms with Crippen LogP contribution in [0.4, 0.5) is 0 Å². The van der Waals surface area contributed by atoms with Crippen molar-refractivity contribution in [3.8, 4) is 11.6 Å². The zero-order valence-electron chi connectivity index (χ0n) is 10.3. The van der Waals surface area contributed by atoms with Gasteiger partial charge in [-0.25, -0.2) is 0 Å². The molecule has 5 heteroatoms. The number of rotatable bonds is 1. The van der Waals surface area contributed by atoms with Crippen molar-refractivity contribution in [3.63, 3.8) is 0 Å². The van der Waals surface area contributed by atoms with E-state index in [2.05, 4.69) is 0 Å². The van der Waals surface area contributed by atoms with Gasteiger partial charge in [0.1, 0.15) is 5.69 Å². The highest BCUT2D eigenvalue weighted by Crippen LogP contribution is 2.35. The Labute approximate surface area is 105 Å². The highest BCUT2D eigenvalue weighted by atomic mass is 16.5. The molecule has 96 valence electrons. The van der Waals surface area contributed by atoms with Crippen LogP contribution in [0.1, 0.15) is 25.0 Å². The van der Waals surface area contributed by atoms with E-state index < -0.39 is 0 Å². The van der Waals surface area contributed by atoms with E-state index in [1.54, 1.807) is 10.6 Å². The van der Waals surface area contributed by atoms with Gasteiger partial charge >= 0.3 is 0 Å². The molecule has 0 radical (unpaired) electrons. The Morgan fingerprint density at radius 2 is 2.39 bits per heavy atom. The molecule has 3 rings (SSSR count). The van der Waals surface area contributed by atoms with Crippen LogP contribution in [-0.4, -0.2) is 27.7 Å². The fourth-order valence-electron chi connectivity index (χ4n) is 2.78. The monoisotopic (exact) mass is 248 g/mol. The third-order valence-corrected chi connectivity index (χ3v) is 3.72. The molecule has 2 aliphatic rings. The molecule has 18 heavy (non-hydrogen) atoms. The summed E-state index contributed by atoms with van der Waals surface area (Å²) in [4.78, 5) is 0. The molecule has 1 unspecified atom stereocenters. The quantitative estimate of drug-likeness (QED) is 0.609. The molecule has 1 aromatic rings. The van der Waals surface area contributed by atoms with Gasteiger partial charge in [-0.3, -0.25) is 0 Å². The molecule has 0 bridgehead atoms. The molecule has 0 fully saturated rings. The molecule has 1 N–H and O–H groups in total. The van der Waals surface area contributed by atoms with E-state index in [4.69, 9.17) is 4.74 Å². The Bertz CT molecular complexity index is 543. The largest absolute Gasteiger partial charge is 0.618 e. The van der Waals surface area contributed by atoms with Gasteiger partial charge in [-0.05, 0) is 25.3 Å². The van der Waals surface area contributed by atoms with E-state index in [0.717, 1.165) is 29.7 Å². The van der Waals surface area contributed by atoms with Crippen LogP contribution in [-0.2, 0) is 6.54 Å². The van der Waals surface area contributed by atoms with Crippen LogP contribution in [0, 0.1) is 11.1 Å². The number of aromatic nitrogens is 1. The lowest BCUT2D eigenvalue weighted by atomic mass is 9.92. The summed E-state index contributed by atoms with van der Waals surface area (Å²) in [5.74, 6) is 0.693. The average Bonchev–Trinajstić information content (AvgIpc) is 2.59. The van der Waals surface area contributed by atoms with E-state index in [1.807, 2.05) is 6.08 Å². The van der Waals surface area contributed by atoms with Crippen LogP contribution >= 0.6 is 0 Å². The standard InChI is InChI=1S/C13H16N2O3/c1-18-12-6-10-8-15(17)11-5-3-2-4-9(11)7-14(10)13(12)16/h5-6,8-9,16H,2-4,7H2,1H3. The second-order valence-corrected chi connectivity index (χ2v) is 4.78. The number of methoxy groups -OCH3 is 1. The maximum absolute atomic E-state index is 12.1. The Balaban J connectivity index is 2.11. The summed E-state index contributed by atoms with van der Waals surface area (Å²) < 4.78 is 7.77. The van der Waals surface area contributed by atoms with Crippen molar-refractivity contribution < 1.29 is 14.6 Å². The van der Waals surface area contributed by atoms with Crippen LogP contribution in [0.2, 0.25) is 0 Å². The lowest BCUT2D eigenvalue weighted by Crippen LogP contribution is -2.18. The van der Waals surface area contributed by atoms with Crippen LogP contribution in [0.15, 0.2) is 17.8 Å². The van der Waals surface area contributed by atoms with Gasteiger partial charge in [0.2, 0.25) is 12.1 Å². The molecule has 1 aliphatic heterocycles. The number of nitrogens with zero attached hydrogens (tertiary/aromatic N) is 2. The first-order valence-electron chi connectivity index (χ1n) is 6.18. The van der Waals surface area contributed by atoms with Gasteiger partial charge < -0.3 is 19.6 Å². The Kier molecular flexibility index (Phi) is 2.54. The lowest BCUT2D eigenvalue weighted by molar-refractivity contribution is -0.406. The number of hydroxylamine groups is 1. The Morgan fingerprint density at radius 3 is 3.17 bits per heavy atom. The molecule has 1 aromatic heterocycles. The number of ether oxygens (including phenoxy) is 1.